The van der Waals surface area contributed by atoms with Gasteiger partial charge in [-0.2, -0.15) is 0 Å². The molecule has 94 valence electrons. The summed E-state index contributed by atoms with van der Waals surface area (Å²) in [5.74, 6) is 0. The van der Waals surface area contributed by atoms with Crippen molar-refractivity contribution in [2.45, 2.75) is 32.2 Å². The number of amides is 2. The van der Waals surface area contributed by atoms with Crippen molar-refractivity contribution < 1.29 is 4.79 Å². The van der Waals surface area contributed by atoms with Crippen molar-refractivity contribution in [2.75, 3.05) is 13.1 Å². The van der Waals surface area contributed by atoms with Crippen LogP contribution in [-0.2, 0) is 6.54 Å². The molecule has 1 aromatic rings. The van der Waals surface area contributed by atoms with Gasteiger partial charge in [0.1, 0.15) is 0 Å². The molecule has 1 aliphatic rings. The van der Waals surface area contributed by atoms with E-state index in [1.54, 1.807) is 0 Å². The molecule has 5 heteroatoms. The van der Waals surface area contributed by atoms with Crippen LogP contribution in [0.25, 0.3) is 0 Å². The van der Waals surface area contributed by atoms with Crippen LogP contribution < -0.4 is 5.32 Å². The Morgan fingerprint density at radius 2 is 2.00 bits per heavy atom. The van der Waals surface area contributed by atoms with E-state index in [0.717, 1.165) is 35.1 Å². The molecular weight excluding hydrogens is 256 g/mol. The highest BCUT2D eigenvalue weighted by Gasteiger charge is 2.14. The molecule has 3 nitrogen and oxygen atoms in total. The van der Waals surface area contributed by atoms with E-state index in [-0.39, 0.29) is 6.03 Å². The maximum absolute atomic E-state index is 11.9. The van der Waals surface area contributed by atoms with Crippen LogP contribution in [0, 0.1) is 0 Å². The first-order valence-electron chi connectivity index (χ1n) is 6.03. The molecular formula is C12H17ClN2OS. The Balaban J connectivity index is 1.79. The highest BCUT2D eigenvalue weighted by atomic mass is 35.5. The van der Waals surface area contributed by atoms with Gasteiger partial charge in [0.2, 0.25) is 0 Å². The minimum Gasteiger partial charge on any atom is -0.333 e. The van der Waals surface area contributed by atoms with Crippen LogP contribution in [0.2, 0.25) is 4.34 Å². The summed E-state index contributed by atoms with van der Waals surface area (Å²) in [6, 6.07) is 3.87. The van der Waals surface area contributed by atoms with Gasteiger partial charge in [0.15, 0.2) is 0 Å². The second-order valence-corrected chi connectivity index (χ2v) is 6.07. The van der Waals surface area contributed by atoms with Gasteiger partial charge in [0.25, 0.3) is 0 Å². The number of thiophene rings is 1. The molecule has 0 aromatic carbocycles. The van der Waals surface area contributed by atoms with Crippen LogP contribution in [-0.4, -0.2) is 24.0 Å². The fourth-order valence-electron chi connectivity index (χ4n) is 2.00. The lowest BCUT2D eigenvalue weighted by Gasteiger charge is -2.20. The number of carbonyl (C=O) groups is 1. The Bertz CT molecular complexity index is 372. The number of nitrogens with zero attached hydrogens (tertiary/aromatic N) is 1. The molecule has 0 spiro atoms. The first-order valence-corrected chi connectivity index (χ1v) is 7.22. The Morgan fingerprint density at radius 1 is 1.29 bits per heavy atom. The molecule has 0 saturated carbocycles. The number of carbonyl (C=O) groups excluding carboxylic acids is 1. The van der Waals surface area contributed by atoms with Gasteiger partial charge in [-0.1, -0.05) is 24.4 Å². The highest BCUT2D eigenvalue weighted by molar-refractivity contribution is 7.16. The van der Waals surface area contributed by atoms with Crippen LogP contribution in [0.1, 0.15) is 30.6 Å². The Labute approximate surface area is 111 Å². The molecule has 1 saturated heterocycles. The lowest BCUT2D eigenvalue weighted by Crippen LogP contribution is -2.39. The number of likely N-dealkylation sites (tertiary alicyclic amines) is 1. The fourth-order valence-corrected chi connectivity index (χ4v) is 3.02. The summed E-state index contributed by atoms with van der Waals surface area (Å²) in [6.45, 7) is 2.35. The molecule has 2 heterocycles. The predicted molar refractivity (Wildman–Crippen MR) is 71.6 cm³/mol. The number of hydrogen-bond donors (Lipinski definition) is 1. The zero-order chi connectivity index (χ0) is 12.1. The number of hydrogen-bond acceptors (Lipinski definition) is 2. The standard InChI is InChI=1S/C12H17ClN2OS/c13-11-6-5-10(17-11)9-14-12(16)15-7-3-1-2-4-8-15/h5-6H,1-4,7-9H2,(H,14,16). The first-order chi connectivity index (χ1) is 8.25. The summed E-state index contributed by atoms with van der Waals surface area (Å²) in [5, 5.41) is 2.95. The second kappa shape index (κ2) is 6.26. The third kappa shape index (κ3) is 3.89. The van der Waals surface area contributed by atoms with Crippen molar-refractivity contribution in [2.24, 2.45) is 0 Å². The maximum Gasteiger partial charge on any atom is 0.317 e. The summed E-state index contributed by atoms with van der Waals surface area (Å²) in [6.07, 6.45) is 4.73. The van der Waals surface area contributed by atoms with Crippen LogP contribution in [0.3, 0.4) is 0 Å². The van der Waals surface area contributed by atoms with Gasteiger partial charge in [-0.05, 0) is 25.0 Å². The molecule has 17 heavy (non-hydrogen) atoms. The molecule has 0 radical (unpaired) electrons. The largest absolute Gasteiger partial charge is 0.333 e. The van der Waals surface area contributed by atoms with Crippen LogP contribution in [0.15, 0.2) is 12.1 Å². The van der Waals surface area contributed by atoms with Gasteiger partial charge in [-0.25, -0.2) is 4.79 Å². The quantitative estimate of drug-likeness (QED) is 0.878. The Kier molecular flexibility index (Phi) is 4.68. The number of nitrogens with one attached hydrogen (secondary N) is 1. The molecule has 0 atom stereocenters. The smallest absolute Gasteiger partial charge is 0.317 e. The van der Waals surface area contributed by atoms with Crippen molar-refractivity contribution in [3.63, 3.8) is 0 Å². The lowest BCUT2D eigenvalue weighted by molar-refractivity contribution is 0.199. The average Bonchev–Trinajstić information content (AvgIpc) is 2.58. The second-order valence-electron chi connectivity index (χ2n) is 4.27. The van der Waals surface area contributed by atoms with Gasteiger partial charge in [0.05, 0.1) is 10.9 Å². The number of urea groups is 1. The average molecular weight is 273 g/mol. The van der Waals surface area contributed by atoms with E-state index >= 15 is 0 Å². The molecule has 0 aliphatic carbocycles. The minimum absolute atomic E-state index is 0.0522. The third-order valence-electron chi connectivity index (χ3n) is 2.94. The van der Waals surface area contributed by atoms with Crippen molar-refractivity contribution in [3.8, 4) is 0 Å². The van der Waals surface area contributed by atoms with Gasteiger partial charge in [-0.3, -0.25) is 0 Å². The van der Waals surface area contributed by atoms with Crippen molar-refractivity contribution in [3.05, 3.63) is 21.3 Å². The molecule has 0 unspecified atom stereocenters. The molecule has 1 aliphatic heterocycles. The maximum atomic E-state index is 11.9. The Morgan fingerprint density at radius 3 is 2.59 bits per heavy atom. The predicted octanol–water partition coefficient (Wildman–Crippen LogP) is 3.49. The summed E-state index contributed by atoms with van der Waals surface area (Å²) in [4.78, 5) is 14.9. The molecule has 1 aromatic heterocycles. The van der Waals surface area contributed by atoms with Crippen LogP contribution in [0.4, 0.5) is 4.79 Å². The normalized spacial score (nSPS) is 16.6. The first kappa shape index (κ1) is 12.7. The van der Waals surface area contributed by atoms with Gasteiger partial charge in [0, 0.05) is 18.0 Å². The lowest BCUT2D eigenvalue weighted by atomic mass is 10.2. The SMILES string of the molecule is O=C(NCc1ccc(Cl)s1)N1CCCCCC1. The molecule has 1 fully saturated rings. The van der Waals surface area contributed by atoms with E-state index in [1.807, 2.05) is 17.0 Å². The van der Waals surface area contributed by atoms with Crippen molar-refractivity contribution >= 4 is 29.0 Å². The fraction of sp³-hybridized carbons (Fsp3) is 0.583. The monoisotopic (exact) mass is 272 g/mol. The summed E-state index contributed by atoms with van der Waals surface area (Å²) >= 11 is 7.35. The number of halogens is 1. The van der Waals surface area contributed by atoms with Gasteiger partial charge in [-0.15, -0.1) is 11.3 Å². The molecule has 0 bridgehead atoms. The molecule has 2 rings (SSSR count). The van der Waals surface area contributed by atoms with E-state index in [4.69, 9.17) is 11.6 Å². The highest BCUT2D eigenvalue weighted by Crippen LogP contribution is 2.21. The van der Waals surface area contributed by atoms with E-state index < -0.39 is 0 Å². The molecule has 1 N–H and O–H groups in total. The van der Waals surface area contributed by atoms with E-state index in [0.29, 0.717) is 6.54 Å². The van der Waals surface area contributed by atoms with E-state index in [9.17, 15) is 4.79 Å². The van der Waals surface area contributed by atoms with Crippen LogP contribution >= 0.6 is 22.9 Å². The summed E-state index contributed by atoms with van der Waals surface area (Å²) in [5.41, 5.74) is 0. The zero-order valence-electron chi connectivity index (χ0n) is 9.75. The van der Waals surface area contributed by atoms with Crippen molar-refractivity contribution in [1.82, 2.24) is 10.2 Å². The van der Waals surface area contributed by atoms with Gasteiger partial charge < -0.3 is 10.2 Å². The minimum atomic E-state index is 0.0522. The third-order valence-corrected chi connectivity index (χ3v) is 4.17. The van der Waals surface area contributed by atoms with E-state index in [2.05, 4.69) is 5.32 Å². The summed E-state index contributed by atoms with van der Waals surface area (Å²) < 4.78 is 0.768. The summed E-state index contributed by atoms with van der Waals surface area (Å²) in [7, 11) is 0. The topological polar surface area (TPSA) is 32.3 Å². The molecule has 2 amide bonds. The van der Waals surface area contributed by atoms with Crippen LogP contribution in [0.5, 0.6) is 0 Å². The van der Waals surface area contributed by atoms with Crippen molar-refractivity contribution in [1.29, 1.82) is 0 Å². The van der Waals surface area contributed by atoms with Gasteiger partial charge >= 0.3 is 6.03 Å². The van der Waals surface area contributed by atoms with E-state index in [1.165, 1.54) is 24.2 Å². The number of rotatable bonds is 2. The Hall–Kier alpha value is -0.740. The zero-order valence-corrected chi connectivity index (χ0v) is 11.3.